The fourth-order valence-electron chi connectivity index (χ4n) is 3.35. The molecular weight excluding hydrogens is 506 g/mol. The third-order valence-corrected chi connectivity index (χ3v) is 4.78. The van der Waals surface area contributed by atoms with Crippen molar-refractivity contribution in [3.05, 3.63) is 53.8 Å². The van der Waals surface area contributed by atoms with Crippen LogP contribution in [-0.2, 0) is 19.1 Å². The van der Waals surface area contributed by atoms with Gasteiger partial charge in [-0.25, -0.2) is 9.59 Å². The van der Waals surface area contributed by atoms with Gasteiger partial charge in [0.15, 0.2) is 30.5 Å². The van der Waals surface area contributed by atoms with Crippen molar-refractivity contribution < 1.29 is 37.7 Å². The Labute approximate surface area is 226 Å². The maximum absolute atomic E-state index is 12.9. The minimum Gasteiger partial charge on any atom is -0.478 e. The standard InChI is InChI=1S/C28H33N3O8/c1-27(2,3)38-23(32)14-35-20-10-8-18(13-21(20)36-15-24(33)39-28(4,5)6)31-26(34)22-12-17-11-16(25(29)30)7-9-19(17)37-22/h7-13H,14-15H2,1-6H3,(H3,29,30)(H,31,34). The Morgan fingerprint density at radius 3 is 2.00 bits per heavy atom. The lowest BCUT2D eigenvalue weighted by molar-refractivity contribution is -0.158. The van der Waals surface area contributed by atoms with E-state index in [1.54, 1.807) is 65.8 Å². The average molecular weight is 540 g/mol. The average Bonchev–Trinajstić information content (AvgIpc) is 3.23. The first kappa shape index (κ1) is 29.0. The van der Waals surface area contributed by atoms with Crippen molar-refractivity contribution in [2.45, 2.75) is 52.7 Å². The third-order valence-electron chi connectivity index (χ3n) is 4.78. The number of carbonyl (C=O) groups excluding carboxylic acids is 3. The molecule has 208 valence electrons. The number of rotatable bonds is 9. The van der Waals surface area contributed by atoms with Crippen LogP contribution in [0.3, 0.4) is 0 Å². The number of amides is 1. The molecule has 39 heavy (non-hydrogen) atoms. The molecule has 1 heterocycles. The predicted octanol–water partition coefficient (Wildman–Crippen LogP) is 4.41. The molecule has 0 bridgehead atoms. The van der Waals surface area contributed by atoms with Gasteiger partial charge in [-0.05, 0) is 77.9 Å². The highest BCUT2D eigenvalue weighted by Crippen LogP contribution is 2.31. The van der Waals surface area contributed by atoms with Crippen molar-refractivity contribution in [3.63, 3.8) is 0 Å². The van der Waals surface area contributed by atoms with Gasteiger partial charge in [0.25, 0.3) is 5.91 Å². The second-order valence-corrected chi connectivity index (χ2v) is 10.6. The fourth-order valence-corrected chi connectivity index (χ4v) is 3.35. The topological polar surface area (TPSA) is 163 Å². The molecule has 1 aromatic heterocycles. The molecule has 2 aromatic carbocycles. The Balaban J connectivity index is 1.79. The van der Waals surface area contributed by atoms with Crippen molar-refractivity contribution >= 4 is 40.3 Å². The number of carbonyl (C=O) groups is 3. The maximum atomic E-state index is 12.9. The van der Waals surface area contributed by atoms with Crippen molar-refractivity contribution in [1.29, 1.82) is 5.41 Å². The molecule has 0 radical (unpaired) electrons. The van der Waals surface area contributed by atoms with E-state index < -0.39 is 42.3 Å². The van der Waals surface area contributed by atoms with Crippen LogP contribution in [0.25, 0.3) is 11.0 Å². The molecule has 11 heteroatoms. The zero-order valence-corrected chi connectivity index (χ0v) is 22.8. The summed E-state index contributed by atoms with van der Waals surface area (Å²) in [4.78, 5) is 37.2. The van der Waals surface area contributed by atoms with Crippen molar-refractivity contribution in [3.8, 4) is 11.5 Å². The molecule has 4 N–H and O–H groups in total. The molecule has 3 rings (SSSR count). The number of hydrogen-bond donors (Lipinski definition) is 3. The van der Waals surface area contributed by atoms with E-state index in [4.69, 9.17) is 34.5 Å². The Morgan fingerprint density at radius 1 is 0.846 bits per heavy atom. The highest BCUT2D eigenvalue weighted by molar-refractivity contribution is 6.05. The van der Waals surface area contributed by atoms with E-state index in [-0.39, 0.29) is 23.1 Å². The van der Waals surface area contributed by atoms with E-state index in [9.17, 15) is 14.4 Å². The minimum atomic E-state index is -0.704. The summed E-state index contributed by atoms with van der Waals surface area (Å²) in [7, 11) is 0. The first-order valence-corrected chi connectivity index (χ1v) is 12.1. The second-order valence-electron chi connectivity index (χ2n) is 10.6. The minimum absolute atomic E-state index is 0.0344. The van der Waals surface area contributed by atoms with E-state index in [1.165, 1.54) is 18.2 Å². The van der Waals surface area contributed by atoms with Crippen LogP contribution in [0, 0.1) is 5.41 Å². The zero-order valence-electron chi connectivity index (χ0n) is 22.8. The van der Waals surface area contributed by atoms with Gasteiger partial charge < -0.3 is 34.4 Å². The van der Waals surface area contributed by atoms with E-state index in [0.717, 1.165) is 0 Å². The predicted molar refractivity (Wildman–Crippen MR) is 144 cm³/mol. The summed E-state index contributed by atoms with van der Waals surface area (Å²) in [6.45, 7) is 9.58. The van der Waals surface area contributed by atoms with Gasteiger partial charge >= 0.3 is 11.9 Å². The number of anilines is 1. The van der Waals surface area contributed by atoms with Crippen LogP contribution in [0.1, 0.15) is 57.7 Å². The summed E-state index contributed by atoms with van der Waals surface area (Å²) < 4.78 is 27.4. The van der Waals surface area contributed by atoms with Crippen LogP contribution in [0.4, 0.5) is 5.69 Å². The summed E-state index contributed by atoms with van der Waals surface area (Å²) in [5, 5.41) is 10.9. The molecule has 0 aliphatic carbocycles. The second kappa shape index (κ2) is 11.5. The maximum Gasteiger partial charge on any atom is 0.344 e. The fraction of sp³-hybridized carbons (Fsp3) is 0.357. The van der Waals surface area contributed by atoms with E-state index >= 15 is 0 Å². The van der Waals surface area contributed by atoms with Crippen molar-refractivity contribution in [2.75, 3.05) is 18.5 Å². The lowest BCUT2D eigenvalue weighted by Gasteiger charge is -2.21. The molecule has 0 unspecified atom stereocenters. The van der Waals surface area contributed by atoms with Gasteiger partial charge in [-0.1, -0.05) is 0 Å². The quantitative estimate of drug-likeness (QED) is 0.203. The summed E-state index contributed by atoms with van der Waals surface area (Å²) in [6.07, 6.45) is 0. The van der Waals surface area contributed by atoms with Gasteiger partial charge in [-0.15, -0.1) is 0 Å². The molecular formula is C28H33N3O8. The van der Waals surface area contributed by atoms with Gasteiger partial charge in [0.2, 0.25) is 0 Å². The van der Waals surface area contributed by atoms with Crippen LogP contribution < -0.4 is 20.5 Å². The van der Waals surface area contributed by atoms with Crippen LogP contribution in [0.5, 0.6) is 11.5 Å². The third kappa shape index (κ3) is 8.77. The number of amidine groups is 1. The van der Waals surface area contributed by atoms with E-state index in [1.807, 2.05) is 0 Å². The van der Waals surface area contributed by atoms with Gasteiger partial charge in [0.05, 0.1) is 0 Å². The summed E-state index contributed by atoms with van der Waals surface area (Å²) in [6, 6.07) is 10.9. The lowest BCUT2D eigenvalue weighted by Crippen LogP contribution is -2.28. The highest BCUT2D eigenvalue weighted by atomic mass is 16.6. The SMILES string of the molecule is CC(C)(C)OC(=O)COc1ccc(NC(=O)c2cc3cc(C(=N)N)ccc3o2)cc1OCC(=O)OC(C)(C)C. The number of esters is 2. The molecule has 1 amide bonds. The van der Waals surface area contributed by atoms with Gasteiger partial charge in [-0.3, -0.25) is 10.2 Å². The smallest absolute Gasteiger partial charge is 0.344 e. The summed E-state index contributed by atoms with van der Waals surface area (Å²) in [5.74, 6) is -1.56. The normalized spacial score (nSPS) is 11.5. The van der Waals surface area contributed by atoms with Crippen molar-refractivity contribution in [2.24, 2.45) is 5.73 Å². The summed E-state index contributed by atoms with van der Waals surface area (Å²) >= 11 is 0. The monoisotopic (exact) mass is 539 g/mol. The number of nitrogens with two attached hydrogens (primary N) is 1. The van der Waals surface area contributed by atoms with Gasteiger partial charge in [0, 0.05) is 22.7 Å². The van der Waals surface area contributed by atoms with Crippen molar-refractivity contribution in [1.82, 2.24) is 0 Å². The number of hydrogen-bond acceptors (Lipinski definition) is 9. The van der Waals surface area contributed by atoms with Crippen LogP contribution in [0.15, 0.2) is 46.9 Å². The van der Waals surface area contributed by atoms with Crippen LogP contribution in [-0.4, -0.2) is 48.1 Å². The first-order chi connectivity index (χ1) is 18.1. The molecule has 0 aliphatic heterocycles. The molecule has 0 saturated heterocycles. The summed E-state index contributed by atoms with van der Waals surface area (Å²) in [5.41, 5.74) is 5.42. The van der Waals surface area contributed by atoms with Crippen LogP contribution >= 0.6 is 0 Å². The number of fused-ring (bicyclic) bond motifs is 1. The molecule has 0 fully saturated rings. The molecule has 0 saturated carbocycles. The Kier molecular flexibility index (Phi) is 8.53. The first-order valence-electron chi connectivity index (χ1n) is 12.1. The largest absolute Gasteiger partial charge is 0.478 e. The van der Waals surface area contributed by atoms with Gasteiger partial charge in [0.1, 0.15) is 22.6 Å². The van der Waals surface area contributed by atoms with E-state index in [0.29, 0.717) is 22.2 Å². The molecule has 3 aromatic rings. The van der Waals surface area contributed by atoms with E-state index in [2.05, 4.69) is 5.32 Å². The number of nitrogens with one attached hydrogen (secondary N) is 2. The number of nitrogen functional groups attached to an aromatic ring is 1. The zero-order chi connectivity index (χ0) is 29.0. The number of furan rings is 1. The number of benzene rings is 2. The molecule has 0 atom stereocenters. The number of ether oxygens (including phenoxy) is 4. The highest BCUT2D eigenvalue weighted by Gasteiger charge is 2.21. The van der Waals surface area contributed by atoms with Gasteiger partial charge in [-0.2, -0.15) is 0 Å². The Hall–Kier alpha value is -4.54. The lowest BCUT2D eigenvalue weighted by atomic mass is 10.1. The molecule has 11 nitrogen and oxygen atoms in total. The molecule has 0 aliphatic rings. The Bertz CT molecular complexity index is 1400. The van der Waals surface area contributed by atoms with Crippen LogP contribution in [0.2, 0.25) is 0 Å². The molecule has 0 spiro atoms. The Morgan fingerprint density at radius 2 is 1.44 bits per heavy atom.